The molecular weight excluding hydrogens is 472 g/mol. The third-order valence-corrected chi connectivity index (χ3v) is 6.92. The third kappa shape index (κ3) is 19.5. The van der Waals surface area contributed by atoms with Crippen LogP contribution in [0.1, 0.15) is 96.8 Å². The maximum atomic E-state index is 12.0. The highest BCUT2D eigenvalue weighted by Crippen LogP contribution is 2.14. The maximum Gasteiger partial charge on any atom is 0.328 e. The van der Waals surface area contributed by atoms with E-state index in [1.807, 2.05) is 0 Å². The number of ether oxygens (including phenoxy) is 1. The molecule has 0 radical (unpaired) electrons. The number of unbranched alkanes of at least 4 members (excludes halogenated alkanes) is 12. The van der Waals surface area contributed by atoms with Crippen molar-refractivity contribution >= 4 is 29.6 Å². The Morgan fingerprint density at radius 2 is 1.34 bits per heavy atom. The lowest BCUT2D eigenvalue weighted by atomic mass is 10.0. The number of hydrogen-bond acceptors (Lipinski definition) is 8. The second-order valence-corrected chi connectivity index (χ2v) is 10.1. The largest absolute Gasteiger partial charge is 0.480 e. The first kappa shape index (κ1) is 33.6. The molecule has 3 atom stereocenters. The second kappa shape index (κ2) is 23.1. The minimum Gasteiger partial charge on any atom is -0.480 e. The molecule has 9 nitrogen and oxygen atoms in total. The standard InChI is InChI=1S/C25H48N2O7S/c1-2-3-4-5-6-7-8-9-10-11-12-13-14-15-23(30)34-20(16-28)18-35-19-21(26)24(31)27-22(17-29)25(32)33/h20-22,28-29H,2-19,26H2,1H3,(H,27,31)(H,32,33)/t20-,21+,22+/m1/s1. The molecule has 0 fully saturated rings. The first-order valence-electron chi connectivity index (χ1n) is 13.1. The van der Waals surface area contributed by atoms with Gasteiger partial charge in [-0.1, -0.05) is 84.0 Å². The van der Waals surface area contributed by atoms with Crippen molar-refractivity contribution in [1.82, 2.24) is 5.32 Å². The highest BCUT2D eigenvalue weighted by atomic mass is 32.2. The van der Waals surface area contributed by atoms with Gasteiger partial charge in [-0.15, -0.1) is 0 Å². The first-order valence-corrected chi connectivity index (χ1v) is 14.3. The predicted octanol–water partition coefficient (Wildman–Crippen LogP) is 2.99. The summed E-state index contributed by atoms with van der Waals surface area (Å²) in [5.74, 6) is -1.97. The van der Waals surface area contributed by atoms with Crippen LogP contribution in [0.4, 0.5) is 0 Å². The fourth-order valence-electron chi connectivity index (χ4n) is 3.52. The van der Waals surface area contributed by atoms with Gasteiger partial charge >= 0.3 is 11.9 Å². The lowest BCUT2D eigenvalue weighted by Gasteiger charge is -2.18. The zero-order valence-corrected chi connectivity index (χ0v) is 22.2. The van der Waals surface area contributed by atoms with Crippen LogP contribution in [0.25, 0.3) is 0 Å². The van der Waals surface area contributed by atoms with Gasteiger partial charge in [0, 0.05) is 17.9 Å². The number of nitrogens with two attached hydrogens (primary N) is 1. The van der Waals surface area contributed by atoms with E-state index in [0.717, 1.165) is 19.3 Å². The number of carboxylic acids is 1. The van der Waals surface area contributed by atoms with E-state index >= 15 is 0 Å². The molecule has 0 rings (SSSR count). The minimum absolute atomic E-state index is 0.149. The van der Waals surface area contributed by atoms with Crippen molar-refractivity contribution in [3.05, 3.63) is 0 Å². The fraction of sp³-hybridized carbons (Fsp3) is 0.880. The van der Waals surface area contributed by atoms with Crippen LogP contribution < -0.4 is 11.1 Å². The first-order chi connectivity index (χ1) is 16.8. The van der Waals surface area contributed by atoms with Crippen molar-refractivity contribution in [2.45, 2.75) is 115 Å². The van der Waals surface area contributed by atoms with Crippen LogP contribution in [0.2, 0.25) is 0 Å². The van der Waals surface area contributed by atoms with Crippen LogP contribution in [0.5, 0.6) is 0 Å². The van der Waals surface area contributed by atoms with Crippen LogP contribution in [0, 0.1) is 0 Å². The number of carboxylic acid groups (broad SMARTS) is 1. The molecule has 0 aromatic heterocycles. The smallest absolute Gasteiger partial charge is 0.328 e. The van der Waals surface area contributed by atoms with Crippen LogP contribution in [-0.2, 0) is 19.1 Å². The molecule has 6 N–H and O–H groups in total. The Morgan fingerprint density at radius 1 is 0.829 bits per heavy atom. The molecule has 0 aliphatic rings. The van der Waals surface area contributed by atoms with Crippen molar-refractivity contribution in [3.8, 4) is 0 Å². The number of rotatable bonds is 24. The maximum absolute atomic E-state index is 12.0. The highest BCUT2D eigenvalue weighted by molar-refractivity contribution is 7.99. The number of hydrogen-bond donors (Lipinski definition) is 5. The number of nitrogens with one attached hydrogen (secondary N) is 1. The molecule has 0 spiro atoms. The van der Waals surface area contributed by atoms with E-state index in [-0.39, 0.29) is 24.1 Å². The molecular formula is C25H48N2O7S. The number of carbonyl (C=O) groups is 3. The number of aliphatic carboxylic acids is 1. The number of aliphatic hydroxyl groups excluding tert-OH is 2. The third-order valence-electron chi connectivity index (χ3n) is 5.72. The Labute approximate surface area is 214 Å². The van der Waals surface area contributed by atoms with E-state index in [4.69, 9.17) is 20.7 Å². The monoisotopic (exact) mass is 520 g/mol. The van der Waals surface area contributed by atoms with E-state index in [1.165, 1.54) is 76.0 Å². The van der Waals surface area contributed by atoms with Gasteiger partial charge in [0.25, 0.3) is 0 Å². The highest BCUT2D eigenvalue weighted by Gasteiger charge is 2.23. The van der Waals surface area contributed by atoms with Gasteiger partial charge in [0.15, 0.2) is 0 Å². The summed E-state index contributed by atoms with van der Waals surface area (Å²) < 4.78 is 5.30. The summed E-state index contributed by atoms with van der Waals surface area (Å²) in [7, 11) is 0. The molecule has 0 bridgehead atoms. The van der Waals surface area contributed by atoms with E-state index in [2.05, 4.69) is 12.2 Å². The Morgan fingerprint density at radius 3 is 1.80 bits per heavy atom. The number of thioether (sulfide) groups is 1. The van der Waals surface area contributed by atoms with E-state index in [0.29, 0.717) is 6.42 Å². The van der Waals surface area contributed by atoms with E-state index < -0.39 is 36.7 Å². The quantitative estimate of drug-likeness (QED) is 0.0952. The van der Waals surface area contributed by atoms with Crippen molar-refractivity contribution < 1.29 is 34.4 Å². The minimum atomic E-state index is -1.41. The molecule has 1 amide bonds. The Balaban J connectivity index is 3.79. The summed E-state index contributed by atoms with van der Waals surface area (Å²) >= 11 is 1.22. The van der Waals surface area contributed by atoms with Crippen molar-refractivity contribution in [2.75, 3.05) is 24.7 Å². The molecule has 35 heavy (non-hydrogen) atoms. The lowest BCUT2D eigenvalue weighted by molar-refractivity contribution is -0.149. The fourth-order valence-corrected chi connectivity index (χ4v) is 4.50. The Hall–Kier alpha value is -1.36. The molecule has 0 unspecified atom stereocenters. The lowest BCUT2D eigenvalue weighted by Crippen LogP contribution is -2.50. The Bertz CT molecular complexity index is 566. The van der Waals surface area contributed by atoms with Gasteiger partial charge < -0.3 is 31.1 Å². The van der Waals surface area contributed by atoms with E-state index in [1.54, 1.807) is 0 Å². The van der Waals surface area contributed by atoms with Crippen LogP contribution in [0.15, 0.2) is 0 Å². The van der Waals surface area contributed by atoms with Gasteiger partial charge in [-0.3, -0.25) is 9.59 Å². The molecule has 0 aromatic carbocycles. The molecule has 0 aliphatic heterocycles. The van der Waals surface area contributed by atoms with Crippen LogP contribution in [-0.4, -0.2) is 76.1 Å². The van der Waals surface area contributed by atoms with Gasteiger partial charge in [0.2, 0.25) is 5.91 Å². The van der Waals surface area contributed by atoms with Gasteiger partial charge in [0.1, 0.15) is 12.1 Å². The SMILES string of the molecule is CCCCCCCCCCCCCCCC(=O)O[C@H](CO)CSC[C@H](N)C(=O)N[C@@H](CO)C(=O)O. The zero-order valence-electron chi connectivity index (χ0n) is 21.4. The van der Waals surface area contributed by atoms with Gasteiger partial charge in [0.05, 0.1) is 19.3 Å². The molecule has 0 aromatic rings. The van der Waals surface area contributed by atoms with Crippen molar-refractivity contribution in [2.24, 2.45) is 5.73 Å². The van der Waals surface area contributed by atoms with Crippen LogP contribution >= 0.6 is 11.8 Å². The van der Waals surface area contributed by atoms with Gasteiger partial charge in [-0.2, -0.15) is 11.8 Å². The molecule has 0 aliphatic carbocycles. The average Bonchev–Trinajstić information content (AvgIpc) is 2.84. The van der Waals surface area contributed by atoms with Crippen molar-refractivity contribution in [1.29, 1.82) is 0 Å². The molecule has 206 valence electrons. The predicted molar refractivity (Wildman–Crippen MR) is 139 cm³/mol. The molecule has 0 saturated heterocycles. The zero-order chi connectivity index (χ0) is 26.3. The molecule has 0 saturated carbocycles. The summed E-state index contributed by atoms with van der Waals surface area (Å²) in [4.78, 5) is 34.8. The van der Waals surface area contributed by atoms with Crippen LogP contribution in [0.3, 0.4) is 0 Å². The summed E-state index contributed by atoms with van der Waals surface area (Å²) in [6.07, 6.45) is 15.6. The summed E-state index contributed by atoms with van der Waals surface area (Å²) in [6, 6.07) is -2.40. The number of amides is 1. The molecule has 0 heterocycles. The van der Waals surface area contributed by atoms with Gasteiger partial charge in [-0.05, 0) is 6.42 Å². The molecule has 10 heteroatoms. The van der Waals surface area contributed by atoms with Crippen molar-refractivity contribution in [3.63, 3.8) is 0 Å². The summed E-state index contributed by atoms with van der Waals surface area (Å²) in [6.45, 7) is 1.18. The summed E-state index contributed by atoms with van der Waals surface area (Å²) in [5, 5.41) is 29.4. The van der Waals surface area contributed by atoms with Gasteiger partial charge in [-0.25, -0.2) is 4.79 Å². The average molecular weight is 521 g/mol. The normalized spacial score (nSPS) is 13.7. The number of aliphatic hydroxyl groups is 2. The van der Waals surface area contributed by atoms with E-state index in [9.17, 15) is 19.5 Å². The topological polar surface area (TPSA) is 159 Å². The summed E-state index contributed by atoms with van der Waals surface area (Å²) in [5.41, 5.74) is 5.73. The number of carbonyl (C=O) groups excluding carboxylic acids is 2. The Kier molecular flexibility index (Phi) is 22.2. The number of esters is 1. The second-order valence-electron chi connectivity index (χ2n) is 9.01.